The summed E-state index contributed by atoms with van der Waals surface area (Å²) in [4.78, 5) is 39.4. The maximum absolute atomic E-state index is 14.1. The Hall–Kier alpha value is -3.79. The predicted molar refractivity (Wildman–Crippen MR) is 124 cm³/mol. The molecule has 4 rings (SSSR count). The first-order valence-electron chi connectivity index (χ1n) is 10.4. The van der Waals surface area contributed by atoms with Crippen LogP contribution < -0.4 is 16.6 Å². The van der Waals surface area contributed by atoms with Crippen molar-refractivity contribution >= 4 is 34.2 Å². The number of nitrogens with one attached hydrogen (secondary N) is 1. The van der Waals surface area contributed by atoms with Crippen LogP contribution in [0, 0.1) is 18.6 Å². The Kier molecular flexibility index (Phi) is 6.34. The molecule has 0 aliphatic heterocycles. The highest BCUT2D eigenvalue weighted by atomic mass is 35.5. The largest absolute Gasteiger partial charge is 0.332 e. The lowest BCUT2D eigenvalue weighted by atomic mass is 10.2. The van der Waals surface area contributed by atoms with Crippen molar-refractivity contribution in [3.05, 3.63) is 91.2 Å². The number of aromatic nitrogens is 4. The first-order valence-corrected chi connectivity index (χ1v) is 10.8. The second-order valence-electron chi connectivity index (χ2n) is 7.66. The Morgan fingerprint density at radius 1 is 1.06 bits per heavy atom. The number of halogens is 3. The van der Waals surface area contributed by atoms with Crippen LogP contribution in [0.25, 0.3) is 11.0 Å². The van der Waals surface area contributed by atoms with Gasteiger partial charge >= 0.3 is 5.69 Å². The standard InChI is InChI=1S/C23H20ClF2N5O3/c1-3-31-21-20(13(2)28-31)29(12-19(32)27-18-9-6-15(24)10-17(18)26)23(34)30(22(21)33)11-14-4-7-16(25)8-5-14/h4-10H,3,11-12H2,1-2H3,(H,27,32). The number of hydrogen-bond acceptors (Lipinski definition) is 4. The molecule has 2 aromatic carbocycles. The van der Waals surface area contributed by atoms with Crippen LogP contribution in [-0.4, -0.2) is 24.8 Å². The van der Waals surface area contributed by atoms with Crippen molar-refractivity contribution in [2.24, 2.45) is 0 Å². The second kappa shape index (κ2) is 9.22. The van der Waals surface area contributed by atoms with E-state index >= 15 is 0 Å². The summed E-state index contributed by atoms with van der Waals surface area (Å²) < 4.78 is 31.0. The van der Waals surface area contributed by atoms with Crippen molar-refractivity contribution in [1.29, 1.82) is 0 Å². The van der Waals surface area contributed by atoms with Gasteiger partial charge < -0.3 is 5.32 Å². The Morgan fingerprint density at radius 3 is 2.41 bits per heavy atom. The fraction of sp³-hybridized carbons (Fsp3) is 0.217. The highest BCUT2D eigenvalue weighted by Gasteiger charge is 2.22. The van der Waals surface area contributed by atoms with Gasteiger partial charge in [-0.1, -0.05) is 23.7 Å². The third-order valence-electron chi connectivity index (χ3n) is 5.34. The lowest BCUT2D eigenvalue weighted by Gasteiger charge is -2.14. The van der Waals surface area contributed by atoms with Crippen molar-refractivity contribution in [2.75, 3.05) is 5.32 Å². The summed E-state index contributed by atoms with van der Waals surface area (Å²) in [6, 6.07) is 9.17. The molecule has 176 valence electrons. The molecule has 34 heavy (non-hydrogen) atoms. The lowest BCUT2D eigenvalue weighted by molar-refractivity contribution is -0.116. The van der Waals surface area contributed by atoms with Gasteiger partial charge in [0.05, 0.1) is 17.9 Å². The number of amides is 1. The molecule has 2 heterocycles. The molecular weight excluding hydrogens is 468 g/mol. The maximum atomic E-state index is 14.1. The van der Waals surface area contributed by atoms with Gasteiger partial charge in [-0.25, -0.2) is 13.6 Å². The van der Waals surface area contributed by atoms with E-state index in [9.17, 15) is 23.2 Å². The molecule has 0 aliphatic rings. The van der Waals surface area contributed by atoms with E-state index in [2.05, 4.69) is 10.4 Å². The summed E-state index contributed by atoms with van der Waals surface area (Å²) in [5.41, 5.74) is -0.117. The summed E-state index contributed by atoms with van der Waals surface area (Å²) in [6.45, 7) is 3.16. The van der Waals surface area contributed by atoms with E-state index in [1.165, 1.54) is 41.1 Å². The molecule has 0 atom stereocenters. The topological polar surface area (TPSA) is 90.9 Å². The minimum atomic E-state index is -0.743. The van der Waals surface area contributed by atoms with Crippen LogP contribution in [0.1, 0.15) is 18.2 Å². The molecule has 4 aromatic rings. The van der Waals surface area contributed by atoms with Crippen LogP contribution in [0.15, 0.2) is 52.1 Å². The van der Waals surface area contributed by atoms with E-state index in [-0.39, 0.29) is 28.3 Å². The third kappa shape index (κ3) is 4.36. The van der Waals surface area contributed by atoms with E-state index in [1.807, 2.05) is 0 Å². The molecule has 8 nitrogen and oxygen atoms in total. The fourth-order valence-electron chi connectivity index (χ4n) is 3.77. The van der Waals surface area contributed by atoms with Gasteiger partial charge in [0.25, 0.3) is 5.56 Å². The SMILES string of the molecule is CCn1nc(C)c2c1c(=O)n(Cc1ccc(F)cc1)c(=O)n2CC(=O)Nc1ccc(Cl)cc1F. The monoisotopic (exact) mass is 487 g/mol. The number of hydrogen-bond donors (Lipinski definition) is 1. The molecule has 0 saturated carbocycles. The average molecular weight is 488 g/mol. The first kappa shape index (κ1) is 23.4. The Balaban J connectivity index is 1.82. The van der Waals surface area contributed by atoms with E-state index in [4.69, 9.17) is 11.6 Å². The molecule has 0 bridgehead atoms. The van der Waals surface area contributed by atoms with Crippen LogP contribution in [0.2, 0.25) is 5.02 Å². The Morgan fingerprint density at radius 2 is 1.76 bits per heavy atom. The van der Waals surface area contributed by atoms with Crippen molar-refractivity contribution in [3.63, 3.8) is 0 Å². The predicted octanol–water partition coefficient (Wildman–Crippen LogP) is 3.31. The Bertz CT molecular complexity index is 1520. The van der Waals surface area contributed by atoms with Gasteiger partial charge in [0, 0.05) is 11.6 Å². The number of nitrogens with zero attached hydrogens (tertiary/aromatic N) is 4. The summed E-state index contributed by atoms with van der Waals surface area (Å²) in [5.74, 6) is -1.86. The zero-order valence-electron chi connectivity index (χ0n) is 18.3. The molecule has 0 unspecified atom stereocenters. The normalized spacial score (nSPS) is 11.2. The molecule has 1 amide bonds. The minimum absolute atomic E-state index is 0.0979. The van der Waals surface area contributed by atoms with E-state index in [1.54, 1.807) is 13.8 Å². The zero-order valence-corrected chi connectivity index (χ0v) is 19.1. The number of carbonyl (C=O) groups is 1. The van der Waals surface area contributed by atoms with Gasteiger partial charge in [0.1, 0.15) is 23.7 Å². The zero-order chi connectivity index (χ0) is 24.6. The van der Waals surface area contributed by atoms with Crippen molar-refractivity contribution in [1.82, 2.24) is 18.9 Å². The van der Waals surface area contributed by atoms with Crippen LogP contribution >= 0.6 is 11.6 Å². The van der Waals surface area contributed by atoms with E-state index in [0.29, 0.717) is 17.8 Å². The van der Waals surface area contributed by atoms with Gasteiger partial charge in [-0.05, 0) is 49.7 Å². The molecule has 0 aliphatic carbocycles. The van der Waals surface area contributed by atoms with Gasteiger partial charge in [-0.2, -0.15) is 5.10 Å². The number of anilines is 1. The number of aryl methyl sites for hydroxylation is 2. The van der Waals surface area contributed by atoms with Crippen molar-refractivity contribution in [3.8, 4) is 0 Å². The van der Waals surface area contributed by atoms with Crippen molar-refractivity contribution in [2.45, 2.75) is 33.5 Å². The van der Waals surface area contributed by atoms with Gasteiger partial charge in [0.2, 0.25) is 5.91 Å². The molecular formula is C23H20ClF2N5O3. The number of rotatable bonds is 6. The molecule has 11 heteroatoms. The fourth-order valence-corrected chi connectivity index (χ4v) is 3.93. The van der Waals surface area contributed by atoms with Gasteiger partial charge in [-0.15, -0.1) is 0 Å². The molecule has 0 spiro atoms. The Labute approximate surface area is 197 Å². The maximum Gasteiger partial charge on any atom is 0.332 e. The summed E-state index contributed by atoms with van der Waals surface area (Å²) in [7, 11) is 0. The average Bonchev–Trinajstić information content (AvgIpc) is 3.14. The molecule has 1 N–H and O–H groups in total. The smallest absolute Gasteiger partial charge is 0.322 e. The highest BCUT2D eigenvalue weighted by molar-refractivity contribution is 6.30. The summed E-state index contributed by atoms with van der Waals surface area (Å²) in [5, 5.41) is 6.92. The number of fused-ring (bicyclic) bond motifs is 1. The minimum Gasteiger partial charge on any atom is -0.322 e. The van der Waals surface area contributed by atoms with Gasteiger partial charge in [-0.3, -0.25) is 23.4 Å². The number of carbonyl (C=O) groups excluding carboxylic acids is 1. The second-order valence-corrected chi connectivity index (χ2v) is 8.09. The molecule has 0 radical (unpaired) electrons. The lowest BCUT2D eigenvalue weighted by Crippen LogP contribution is -2.42. The number of benzene rings is 2. The highest BCUT2D eigenvalue weighted by Crippen LogP contribution is 2.19. The van der Waals surface area contributed by atoms with Crippen LogP contribution in [-0.2, 0) is 24.4 Å². The molecule has 2 aromatic heterocycles. The third-order valence-corrected chi connectivity index (χ3v) is 5.57. The van der Waals surface area contributed by atoms with E-state index in [0.717, 1.165) is 15.2 Å². The van der Waals surface area contributed by atoms with Crippen LogP contribution in [0.5, 0.6) is 0 Å². The quantitative estimate of drug-likeness (QED) is 0.452. The van der Waals surface area contributed by atoms with Crippen LogP contribution in [0.4, 0.5) is 14.5 Å². The van der Waals surface area contributed by atoms with E-state index < -0.39 is 35.3 Å². The summed E-state index contributed by atoms with van der Waals surface area (Å²) >= 11 is 5.75. The van der Waals surface area contributed by atoms with Gasteiger partial charge in [0.15, 0.2) is 5.52 Å². The molecule has 0 saturated heterocycles. The van der Waals surface area contributed by atoms with Crippen LogP contribution in [0.3, 0.4) is 0 Å². The molecule has 0 fully saturated rings. The summed E-state index contributed by atoms with van der Waals surface area (Å²) in [6.07, 6.45) is 0. The van der Waals surface area contributed by atoms with Crippen molar-refractivity contribution < 1.29 is 13.6 Å². The first-order chi connectivity index (χ1) is 16.2.